The first-order chi connectivity index (χ1) is 27.3. The highest BCUT2D eigenvalue weighted by atomic mass is 16.7. The van der Waals surface area contributed by atoms with Gasteiger partial charge in [-0.25, -0.2) is 0 Å². The van der Waals surface area contributed by atoms with E-state index in [9.17, 15) is 35.4 Å². The highest BCUT2D eigenvalue weighted by molar-refractivity contribution is 5.80. The van der Waals surface area contributed by atoms with E-state index in [2.05, 4.69) is 43.5 Å². The quantitative estimate of drug-likeness (QED) is 0.0239. The molecule has 0 bridgehead atoms. The third-order valence-electron chi connectivity index (χ3n) is 11.2. The molecule has 8 unspecified atom stereocenters. The summed E-state index contributed by atoms with van der Waals surface area (Å²) in [6.07, 6.45) is 32.2. The predicted molar refractivity (Wildman–Crippen MR) is 227 cm³/mol. The van der Waals surface area contributed by atoms with E-state index in [4.69, 9.17) is 9.47 Å². The zero-order chi connectivity index (χ0) is 41.1. The molecule has 0 radical (unpaired) electrons. The number of amides is 1. The fourth-order valence-corrected chi connectivity index (χ4v) is 7.33. The number of ether oxygens (including phenoxy) is 2. The molecule has 0 aliphatic carbocycles. The van der Waals surface area contributed by atoms with Crippen molar-refractivity contribution < 1.29 is 44.9 Å². The van der Waals surface area contributed by atoms with Gasteiger partial charge in [0.05, 0.1) is 25.4 Å². The molecular formula is C46H87NO9. The normalized spacial score (nSPS) is 21.9. The molecule has 1 rings (SSSR count). The van der Waals surface area contributed by atoms with Crippen LogP contribution in [0.25, 0.3) is 0 Å². The Morgan fingerprint density at radius 2 is 1.04 bits per heavy atom. The lowest BCUT2D eigenvalue weighted by Gasteiger charge is -2.40. The first-order valence-corrected chi connectivity index (χ1v) is 23.2. The molecule has 0 aromatic rings. The summed E-state index contributed by atoms with van der Waals surface area (Å²) in [7, 11) is 0. The lowest BCUT2D eigenvalue weighted by atomic mass is 9.99. The van der Waals surface area contributed by atoms with Gasteiger partial charge in [-0.05, 0) is 38.5 Å². The van der Waals surface area contributed by atoms with E-state index in [0.29, 0.717) is 19.3 Å². The average Bonchev–Trinajstić information content (AvgIpc) is 3.20. The van der Waals surface area contributed by atoms with Gasteiger partial charge in [0, 0.05) is 0 Å². The summed E-state index contributed by atoms with van der Waals surface area (Å²) in [5.74, 6) is -0.596. The Morgan fingerprint density at radius 1 is 0.607 bits per heavy atom. The maximum atomic E-state index is 13.0. The van der Waals surface area contributed by atoms with Crippen molar-refractivity contribution in [3.05, 3.63) is 24.3 Å². The maximum absolute atomic E-state index is 13.0. The number of carbonyl (C=O) groups is 1. The van der Waals surface area contributed by atoms with Crippen LogP contribution in [0.15, 0.2) is 24.3 Å². The first kappa shape index (κ1) is 52.6. The molecule has 7 N–H and O–H groups in total. The highest BCUT2D eigenvalue weighted by Gasteiger charge is 2.44. The van der Waals surface area contributed by atoms with Crippen molar-refractivity contribution in [1.29, 1.82) is 0 Å². The molecule has 1 saturated heterocycles. The SMILES string of the molecule is CCCCC/C=C\C=C/CCCCCCCC(O)C(=O)NC(COC1OC(CO)C(O)C(O)C1O)C(O)CCCCCCCCCCCCCCCCCCC. The standard InChI is InChI=1S/C46H87NO9/c1-3-5-7-9-11-13-15-17-19-20-21-23-24-26-28-30-32-34-39(49)38(37-55-46-44(53)43(52)42(51)41(36-48)56-46)47-45(54)40(50)35-33-31-29-27-25-22-18-16-14-12-10-8-6-4-2/h12,14,16,18,38-44,46,48-53H,3-11,13,15,17,19-37H2,1-2H3,(H,47,54)/b14-12-,18-16-. The van der Waals surface area contributed by atoms with E-state index in [-0.39, 0.29) is 6.61 Å². The van der Waals surface area contributed by atoms with Gasteiger partial charge >= 0.3 is 0 Å². The van der Waals surface area contributed by atoms with Gasteiger partial charge in [0.25, 0.3) is 0 Å². The van der Waals surface area contributed by atoms with Crippen LogP contribution in [-0.4, -0.2) is 98.7 Å². The van der Waals surface area contributed by atoms with Crippen molar-refractivity contribution >= 4 is 5.91 Å². The van der Waals surface area contributed by atoms with E-state index in [1.807, 2.05) is 0 Å². The Kier molecular flexibility index (Phi) is 34.5. The molecular weight excluding hydrogens is 711 g/mol. The Morgan fingerprint density at radius 3 is 1.54 bits per heavy atom. The van der Waals surface area contributed by atoms with Crippen LogP contribution in [0.5, 0.6) is 0 Å². The largest absolute Gasteiger partial charge is 0.394 e. The molecule has 0 saturated carbocycles. The Labute approximate surface area is 341 Å². The smallest absolute Gasteiger partial charge is 0.249 e. The van der Waals surface area contributed by atoms with Crippen LogP contribution in [0.2, 0.25) is 0 Å². The number of hydrogen-bond acceptors (Lipinski definition) is 9. The fourth-order valence-electron chi connectivity index (χ4n) is 7.33. The summed E-state index contributed by atoms with van der Waals surface area (Å²) in [6.45, 7) is 3.63. The van der Waals surface area contributed by atoms with Crippen LogP contribution < -0.4 is 5.32 Å². The fraction of sp³-hybridized carbons (Fsp3) is 0.891. The zero-order valence-corrected chi connectivity index (χ0v) is 35.8. The summed E-state index contributed by atoms with van der Waals surface area (Å²) in [4.78, 5) is 13.0. The van der Waals surface area contributed by atoms with Gasteiger partial charge in [0.2, 0.25) is 5.91 Å². The molecule has 1 fully saturated rings. The van der Waals surface area contributed by atoms with E-state index < -0.39 is 61.5 Å². The average molecular weight is 798 g/mol. The van der Waals surface area contributed by atoms with Crippen molar-refractivity contribution in [1.82, 2.24) is 5.32 Å². The molecule has 1 amide bonds. The molecule has 0 aromatic heterocycles. The van der Waals surface area contributed by atoms with Crippen molar-refractivity contribution in [3.8, 4) is 0 Å². The van der Waals surface area contributed by atoms with Gasteiger partial charge in [-0.15, -0.1) is 0 Å². The monoisotopic (exact) mass is 798 g/mol. The van der Waals surface area contributed by atoms with E-state index in [1.54, 1.807) is 0 Å². The molecule has 330 valence electrons. The van der Waals surface area contributed by atoms with E-state index >= 15 is 0 Å². The maximum Gasteiger partial charge on any atom is 0.249 e. The molecule has 0 aromatic carbocycles. The summed E-state index contributed by atoms with van der Waals surface area (Å²) in [6, 6.07) is -0.898. The lowest BCUT2D eigenvalue weighted by molar-refractivity contribution is -0.302. The topological polar surface area (TPSA) is 169 Å². The summed E-state index contributed by atoms with van der Waals surface area (Å²) in [5, 5.41) is 64.8. The predicted octanol–water partition coefficient (Wildman–Crippen LogP) is 8.47. The van der Waals surface area contributed by atoms with Crippen molar-refractivity contribution in [2.24, 2.45) is 0 Å². The van der Waals surface area contributed by atoms with Gasteiger partial charge in [-0.3, -0.25) is 4.79 Å². The third kappa shape index (κ3) is 26.6. The number of aliphatic hydroxyl groups is 6. The summed E-state index contributed by atoms with van der Waals surface area (Å²) in [5.41, 5.74) is 0. The molecule has 0 spiro atoms. The van der Waals surface area contributed by atoms with Crippen molar-refractivity contribution in [2.75, 3.05) is 13.2 Å². The number of aliphatic hydroxyl groups excluding tert-OH is 6. The number of carbonyl (C=O) groups excluding carboxylic acids is 1. The molecule has 1 aliphatic heterocycles. The number of rotatable bonds is 38. The van der Waals surface area contributed by atoms with Crippen LogP contribution >= 0.6 is 0 Å². The van der Waals surface area contributed by atoms with E-state index in [0.717, 1.165) is 64.2 Å². The summed E-state index contributed by atoms with van der Waals surface area (Å²) >= 11 is 0. The van der Waals surface area contributed by atoms with Gasteiger partial charge in [0.15, 0.2) is 6.29 Å². The lowest BCUT2D eigenvalue weighted by Crippen LogP contribution is -2.60. The zero-order valence-electron chi connectivity index (χ0n) is 35.8. The minimum absolute atomic E-state index is 0.260. The molecule has 10 nitrogen and oxygen atoms in total. The minimum atomic E-state index is -1.60. The Hall–Kier alpha value is -1.37. The highest BCUT2D eigenvalue weighted by Crippen LogP contribution is 2.23. The second kappa shape index (κ2) is 36.7. The van der Waals surface area contributed by atoms with Crippen LogP contribution in [0.1, 0.15) is 200 Å². The van der Waals surface area contributed by atoms with Crippen molar-refractivity contribution in [3.63, 3.8) is 0 Å². The molecule has 1 heterocycles. The van der Waals surface area contributed by atoms with Crippen LogP contribution in [0.3, 0.4) is 0 Å². The molecule has 56 heavy (non-hydrogen) atoms. The molecule has 8 atom stereocenters. The van der Waals surface area contributed by atoms with Crippen LogP contribution in [0, 0.1) is 0 Å². The van der Waals surface area contributed by atoms with Crippen LogP contribution in [0.4, 0.5) is 0 Å². The molecule has 1 aliphatic rings. The Balaban J connectivity index is 2.40. The second-order valence-electron chi connectivity index (χ2n) is 16.4. The van der Waals surface area contributed by atoms with Crippen molar-refractivity contribution in [2.45, 2.75) is 249 Å². The number of hydrogen-bond donors (Lipinski definition) is 7. The second-order valence-corrected chi connectivity index (χ2v) is 16.4. The number of allylic oxidation sites excluding steroid dienone is 4. The summed E-state index contributed by atoms with van der Waals surface area (Å²) < 4.78 is 11.2. The van der Waals surface area contributed by atoms with Crippen LogP contribution in [-0.2, 0) is 14.3 Å². The number of nitrogens with one attached hydrogen (secondary N) is 1. The van der Waals surface area contributed by atoms with Gasteiger partial charge < -0.3 is 45.4 Å². The van der Waals surface area contributed by atoms with Gasteiger partial charge in [-0.2, -0.15) is 0 Å². The minimum Gasteiger partial charge on any atom is -0.394 e. The van der Waals surface area contributed by atoms with E-state index in [1.165, 1.54) is 103 Å². The molecule has 10 heteroatoms. The first-order valence-electron chi connectivity index (χ1n) is 23.2. The number of unbranched alkanes of at least 4 members (excludes halogenated alkanes) is 24. The van der Waals surface area contributed by atoms with Gasteiger partial charge in [-0.1, -0.05) is 186 Å². The third-order valence-corrected chi connectivity index (χ3v) is 11.2. The van der Waals surface area contributed by atoms with Gasteiger partial charge in [0.1, 0.15) is 30.5 Å². The Bertz CT molecular complexity index is 948.